The summed E-state index contributed by atoms with van der Waals surface area (Å²) in [5, 5.41) is 8.18. The van der Waals surface area contributed by atoms with Crippen molar-refractivity contribution in [3.8, 4) is 11.5 Å². The molecule has 27 heavy (non-hydrogen) atoms. The Morgan fingerprint density at radius 3 is 2.74 bits per heavy atom. The smallest absolute Gasteiger partial charge is 0.160 e. The molecule has 0 bridgehead atoms. The first-order valence-electron chi connectivity index (χ1n) is 9.85. The average molecular weight is 415 g/mol. The Bertz CT molecular complexity index is 667. The van der Waals surface area contributed by atoms with Gasteiger partial charge in [0.1, 0.15) is 5.69 Å². The lowest BCUT2D eigenvalue weighted by Gasteiger charge is -2.32. The molecule has 8 heteroatoms. The zero-order chi connectivity index (χ0) is 17.1. The Morgan fingerprint density at radius 2 is 2.00 bits per heavy atom. The maximum absolute atomic E-state index is 4.78. The zero-order valence-corrected chi connectivity index (χ0v) is 17.8. The topological polar surface area (TPSA) is 50.9 Å². The van der Waals surface area contributed by atoms with E-state index >= 15 is 0 Å². The number of hydrogen-bond donors (Lipinski definition) is 1. The summed E-state index contributed by atoms with van der Waals surface area (Å²) in [4.78, 5) is 7.24. The third-order valence-electron chi connectivity index (χ3n) is 5.60. The fraction of sp³-hybridized carbons (Fsp3) is 0.684. The molecule has 4 rings (SSSR count). The van der Waals surface area contributed by atoms with Crippen LogP contribution in [0.1, 0.15) is 38.3 Å². The Morgan fingerprint density at radius 1 is 1.19 bits per heavy atom. The standard InChI is InChI=1S/C19H30N6.2ClH/c1-2-3-8-23-9-4-16(5-10-23)15-24-11-7-21-19(24)18-13-17-14-20-6-12-25(17)22-18;;/h7,11,13,16,20H,2-6,8-10,12,14-15H2,1H3;2*1H. The number of fused-ring (bicyclic) bond motifs is 1. The summed E-state index contributed by atoms with van der Waals surface area (Å²) in [5.41, 5.74) is 2.28. The van der Waals surface area contributed by atoms with Crippen molar-refractivity contribution in [1.29, 1.82) is 0 Å². The van der Waals surface area contributed by atoms with Crippen LogP contribution in [0.5, 0.6) is 0 Å². The van der Waals surface area contributed by atoms with Crippen molar-refractivity contribution in [1.82, 2.24) is 29.5 Å². The molecular formula is C19H32Cl2N6. The van der Waals surface area contributed by atoms with Gasteiger partial charge in [0.25, 0.3) is 0 Å². The first-order valence-corrected chi connectivity index (χ1v) is 9.85. The SMILES string of the molecule is CCCCN1CCC(Cn2ccnc2-c2cc3n(n2)CCNC3)CC1.Cl.Cl. The quantitative estimate of drug-likeness (QED) is 0.787. The molecule has 0 atom stereocenters. The molecule has 0 aliphatic carbocycles. The van der Waals surface area contributed by atoms with Crippen LogP contribution in [0.3, 0.4) is 0 Å². The number of nitrogens with zero attached hydrogens (tertiary/aromatic N) is 5. The molecule has 0 spiro atoms. The van der Waals surface area contributed by atoms with Crippen LogP contribution in [0.4, 0.5) is 0 Å². The number of aromatic nitrogens is 4. The number of imidazole rings is 1. The highest BCUT2D eigenvalue weighted by molar-refractivity contribution is 5.85. The predicted molar refractivity (Wildman–Crippen MR) is 114 cm³/mol. The second-order valence-corrected chi connectivity index (χ2v) is 7.46. The molecule has 152 valence electrons. The van der Waals surface area contributed by atoms with Crippen molar-refractivity contribution in [2.45, 2.75) is 52.2 Å². The highest BCUT2D eigenvalue weighted by atomic mass is 35.5. The minimum atomic E-state index is 0. The van der Waals surface area contributed by atoms with E-state index in [0.29, 0.717) is 0 Å². The van der Waals surface area contributed by atoms with Crippen LogP contribution in [0.15, 0.2) is 18.5 Å². The number of piperidine rings is 1. The number of nitrogens with one attached hydrogen (secondary N) is 1. The van der Waals surface area contributed by atoms with Crippen molar-refractivity contribution in [3.05, 3.63) is 24.2 Å². The Labute approximate surface area is 174 Å². The van der Waals surface area contributed by atoms with Gasteiger partial charge in [-0.05, 0) is 50.9 Å². The minimum Gasteiger partial charge on any atom is -0.329 e. The van der Waals surface area contributed by atoms with E-state index in [1.165, 1.54) is 51.0 Å². The number of rotatable bonds is 6. The molecule has 1 fully saturated rings. The summed E-state index contributed by atoms with van der Waals surface area (Å²) in [6, 6.07) is 2.19. The largest absolute Gasteiger partial charge is 0.329 e. The fourth-order valence-electron chi connectivity index (χ4n) is 4.04. The fourth-order valence-corrected chi connectivity index (χ4v) is 4.04. The highest BCUT2D eigenvalue weighted by Crippen LogP contribution is 2.24. The van der Waals surface area contributed by atoms with Crippen molar-refractivity contribution in [2.24, 2.45) is 5.92 Å². The molecule has 0 radical (unpaired) electrons. The van der Waals surface area contributed by atoms with Gasteiger partial charge < -0.3 is 14.8 Å². The molecule has 0 saturated carbocycles. The summed E-state index contributed by atoms with van der Waals surface area (Å²) in [6.45, 7) is 9.97. The van der Waals surface area contributed by atoms with Crippen LogP contribution in [-0.2, 0) is 19.6 Å². The van der Waals surface area contributed by atoms with Gasteiger partial charge in [-0.2, -0.15) is 5.10 Å². The van der Waals surface area contributed by atoms with E-state index < -0.39 is 0 Å². The number of hydrogen-bond acceptors (Lipinski definition) is 4. The molecular weight excluding hydrogens is 383 g/mol. The second-order valence-electron chi connectivity index (χ2n) is 7.46. The monoisotopic (exact) mass is 414 g/mol. The molecule has 2 aromatic rings. The molecule has 2 aromatic heterocycles. The van der Waals surface area contributed by atoms with E-state index in [2.05, 4.69) is 43.6 Å². The molecule has 2 aliphatic heterocycles. The molecule has 0 aromatic carbocycles. The number of halogens is 2. The van der Waals surface area contributed by atoms with Crippen molar-refractivity contribution in [3.63, 3.8) is 0 Å². The van der Waals surface area contributed by atoms with Gasteiger partial charge in [0, 0.05) is 32.0 Å². The van der Waals surface area contributed by atoms with Crippen LogP contribution in [0.2, 0.25) is 0 Å². The minimum absolute atomic E-state index is 0. The van der Waals surface area contributed by atoms with Gasteiger partial charge in [0.05, 0.1) is 12.2 Å². The van der Waals surface area contributed by atoms with Crippen LogP contribution >= 0.6 is 24.8 Å². The first kappa shape index (κ1) is 22.2. The van der Waals surface area contributed by atoms with E-state index in [1.807, 2.05) is 6.20 Å². The third kappa shape index (κ3) is 5.25. The maximum Gasteiger partial charge on any atom is 0.160 e. The molecule has 4 heterocycles. The maximum atomic E-state index is 4.78. The molecule has 6 nitrogen and oxygen atoms in total. The Hall–Kier alpha value is -1.08. The predicted octanol–water partition coefficient (Wildman–Crippen LogP) is 3.21. The van der Waals surface area contributed by atoms with Gasteiger partial charge in [-0.15, -0.1) is 24.8 Å². The van der Waals surface area contributed by atoms with E-state index in [1.54, 1.807) is 0 Å². The van der Waals surface area contributed by atoms with Crippen molar-refractivity contribution in [2.75, 3.05) is 26.2 Å². The second kappa shape index (κ2) is 10.5. The lowest BCUT2D eigenvalue weighted by atomic mass is 9.96. The molecule has 0 amide bonds. The molecule has 1 saturated heterocycles. The van der Waals surface area contributed by atoms with Crippen molar-refractivity contribution < 1.29 is 0 Å². The molecule has 2 aliphatic rings. The van der Waals surface area contributed by atoms with Gasteiger partial charge in [-0.3, -0.25) is 4.68 Å². The van der Waals surface area contributed by atoms with Gasteiger partial charge in [-0.1, -0.05) is 13.3 Å². The summed E-state index contributed by atoms with van der Waals surface area (Å²) < 4.78 is 4.44. The van der Waals surface area contributed by atoms with Gasteiger partial charge in [0.15, 0.2) is 5.82 Å². The summed E-state index contributed by atoms with van der Waals surface area (Å²) in [5.74, 6) is 1.78. The van der Waals surface area contributed by atoms with E-state index in [0.717, 1.165) is 43.6 Å². The number of unbranched alkanes of at least 4 members (excludes halogenated alkanes) is 1. The van der Waals surface area contributed by atoms with Crippen molar-refractivity contribution >= 4 is 24.8 Å². The van der Waals surface area contributed by atoms with Gasteiger partial charge in [0.2, 0.25) is 0 Å². The summed E-state index contributed by atoms with van der Waals surface area (Å²) >= 11 is 0. The van der Waals surface area contributed by atoms with Gasteiger partial charge >= 0.3 is 0 Å². The molecule has 0 unspecified atom stereocenters. The molecule has 1 N–H and O–H groups in total. The lowest BCUT2D eigenvalue weighted by Crippen LogP contribution is -2.35. The third-order valence-corrected chi connectivity index (χ3v) is 5.60. The van der Waals surface area contributed by atoms with Crippen LogP contribution in [-0.4, -0.2) is 50.4 Å². The zero-order valence-electron chi connectivity index (χ0n) is 16.1. The summed E-state index contributed by atoms with van der Waals surface area (Å²) in [7, 11) is 0. The van der Waals surface area contributed by atoms with E-state index in [-0.39, 0.29) is 24.8 Å². The van der Waals surface area contributed by atoms with E-state index in [9.17, 15) is 0 Å². The normalized spacial score (nSPS) is 17.8. The van der Waals surface area contributed by atoms with Gasteiger partial charge in [-0.25, -0.2) is 4.98 Å². The van der Waals surface area contributed by atoms with Crippen LogP contribution in [0.25, 0.3) is 11.5 Å². The average Bonchev–Trinajstić information content (AvgIpc) is 3.27. The van der Waals surface area contributed by atoms with Crippen LogP contribution in [0, 0.1) is 5.92 Å². The highest BCUT2D eigenvalue weighted by Gasteiger charge is 2.21. The van der Waals surface area contributed by atoms with Crippen LogP contribution < -0.4 is 5.32 Å². The Kier molecular flexibility index (Phi) is 8.61. The summed E-state index contributed by atoms with van der Waals surface area (Å²) in [6.07, 6.45) is 9.26. The Balaban J connectivity index is 0.00000131. The first-order chi connectivity index (χ1) is 12.3. The van der Waals surface area contributed by atoms with E-state index in [4.69, 9.17) is 5.10 Å². The number of likely N-dealkylation sites (tertiary alicyclic amines) is 1. The lowest BCUT2D eigenvalue weighted by molar-refractivity contribution is 0.172.